The average Bonchev–Trinajstić information content (AvgIpc) is 2.35. The minimum Gasteiger partial charge on any atom is -0.497 e. The topological polar surface area (TPSA) is 45.0 Å². The van der Waals surface area contributed by atoms with Crippen LogP contribution in [0, 0.1) is 16.7 Å². The third-order valence-electron chi connectivity index (χ3n) is 2.72. The predicted molar refractivity (Wildman–Crippen MR) is 68.7 cm³/mol. The second kappa shape index (κ2) is 6.27. The van der Waals surface area contributed by atoms with Crippen molar-refractivity contribution >= 4 is 0 Å². The molecule has 1 rings (SSSR count). The summed E-state index contributed by atoms with van der Waals surface area (Å²) in [5.74, 6) is 0.874. The van der Waals surface area contributed by atoms with E-state index in [1.165, 1.54) is 5.56 Å². The monoisotopic (exact) mass is 232 g/mol. The van der Waals surface area contributed by atoms with E-state index in [4.69, 9.17) is 10.00 Å². The van der Waals surface area contributed by atoms with Crippen molar-refractivity contribution in [2.75, 3.05) is 13.7 Å². The molecule has 0 aliphatic rings. The molecule has 0 bridgehead atoms. The standard InChI is InChI=1S/C14H20N2O/c1-14(2,11-15)8-9-16-10-12-4-6-13(17-3)7-5-12/h4-7,16H,8-10H2,1-3H3. The van der Waals surface area contributed by atoms with Crippen LogP contribution in [0.1, 0.15) is 25.8 Å². The van der Waals surface area contributed by atoms with E-state index in [1.807, 2.05) is 38.1 Å². The van der Waals surface area contributed by atoms with Gasteiger partial charge in [-0.15, -0.1) is 0 Å². The quantitative estimate of drug-likeness (QED) is 0.767. The molecule has 0 unspecified atom stereocenters. The largest absolute Gasteiger partial charge is 0.497 e. The molecule has 17 heavy (non-hydrogen) atoms. The van der Waals surface area contributed by atoms with E-state index in [2.05, 4.69) is 11.4 Å². The number of nitrogens with zero attached hydrogens (tertiary/aromatic N) is 1. The van der Waals surface area contributed by atoms with E-state index in [9.17, 15) is 0 Å². The Labute approximate surface area is 103 Å². The van der Waals surface area contributed by atoms with E-state index in [0.29, 0.717) is 0 Å². The number of benzene rings is 1. The number of hydrogen-bond acceptors (Lipinski definition) is 3. The molecule has 0 aromatic heterocycles. The fourth-order valence-corrected chi connectivity index (χ4v) is 1.43. The van der Waals surface area contributed by atoms with Crippen LogP contribution >= 0.6 is 0 Å². The number of rotatable bonds is 6. The lowest BCUT2D eigenvalue weighted by Gasteiger charge is -2.15. The van der Waals surface area contributed by atoms with Crippen molar-refractivity contribution in [1.82, 2.24) is 5.32 Å². The normalized spacial score (nSPS) is 10.9. The van der Waals surface area contributed by atoms with Crippen LogP contribution in [0.5, 0.6) is 5.75 Å². The summed E-state index contributed by atoms with van der Waals surface area (Å²) in [5.41, 5.74) is 0.980. The van der Waals surface area contributed by atoms with Crippen molar-refractivity contribution in [1.29, 1.82) is 5.26 Å². The maximum atomic E-state index is 8.88. The van der Waals surface area contributed by atoms with Crippen LogP contribution in [0.15, 0.2) is 24.3 Å². The maximum absolute atomic E-state index is 8.88. The van der Waals surface area contributed by atoms with Crippen LogP contribution in [0.25, 0.3) is 0 Å². The lowest BCUT2D eigenvalue weighted by Crippen LogP contribution is -2.21. The number of methoxy groups -OCH3 is 1. The van der Waals surface area contributed by atoms with Gasteiger partial charge in [-0.1, -0.05) is 12.1 Å². The first-order chi connectivity index (χ1) is 8.07. The summed E-state index contributed by atoms with van der Waals surface area (Å²) in [6.07, 6.45) is 0.861. The Balaban J connectivity index is 2.29. The van der Waals surface area contributed by atoms with Crippen LogP contribution in [-0.2, 0) is 6.54 Å². The molecule has 0 atom stereocenters. The fourth-order valence-electron chi connectivity index (χ4n) is 1.43. The van der Waals surface area contributed by atoms with Gasteiger partial charge in [0.2, 0.25) is 0 Å². The molecule has 3 nitrogen and oxygen atoms in total. The van der Waals surface area contributed by atoms with E-state index in [-0.39, 0.29) is 5.41 Å². The minimum atomic E-state index is -0.243. The minimum absolute atomic E-state index is 0.243. The highest BCUT2D eigenvalue weighted by atomic mass is 16.5. The molecule has 0 aliphatic heterocycles. The molecule has 92 valence electrons. The first-order valence-corrected chi connectivity index (χ1v) is 5.82. The van der Waals surface area contributed by atoms with Crippen molar-refractivity contribution in [2.24, 2.45) is 5.41 Å². The molecule has 0 aliphatic carbocycles. The second-order valence-corrected chi connectivity index (χ2v) is 4.77. The van der Waals surface area contributed by atoms with Crippen molar-refractivity contribution in [2.45, 2.75) is 26.8 Å². The van der Waals surface area contributed by atoms with E-state index in [1.54, 1.807) is 7.11 Å². The molecule has 0 saturated heterocycles. The molecule has 1 N–H and O–H groups in total. The zero-order chi connectivity index (χ0) is 12.7. The van der Waals surface area contributed by atoms with Crippen LogP contribution in [0.3, 0.4) is 0 Å². The van der Waals surface area contributed by atoms with Gasteiger partial charge in [-0.2, -0.15) is 5.26 Å². The highest BCUT2D eigenvalue weighted by Crippen LogP contribution is 2.17. The Hall–Kier alpha value is -1.53. The van der Waals surface area contributed by atoms with Gasteiger partial charge in [0.1, 0.15) is 5.75 Å². The zero-order valence-corrected chi connectivity index (χ0v) is 10.8. The fraction of sp³-hybridized carbons (Fsp3) is 0.500. The smallest absolute Gasteiger partial charge is 0.118 e. The van der Waals surface area contributed by atoms with Crippen molar-refractivity contribution in [3.63, 3.8) is 0 Å². The van der Waals surface area contributed by atoms with Gasteiger partial charge in [0, 0.05) is 6.54 Å². The summed E-state index contributed by atoms with van der Waals surface area (Å²) in [7, 11) is 1.66. The van der Waals surface area contributed by atoms with Gasteiger partial charge in [0.05, 0.1) is 18.6 Å². The molecule has 0 spiro atoms. The van der Waals surface area contributed by atoms with Gasteiger partial charge >= 0.3 is 0 Å². The highest BCUT2D eigenvalue weighted by molar-refractivity contribution is 5.26. The average molecular weight is 232 g/mol. The summed E-state index contributed by atoms with van der Waals surface area (Å²) in [4.78, 5) is 0. The molecule has 0 radical (unpaired) electrons. The lowest BCUT2D eigenvalue weighted by molar-refractivity contribution is 0.414. The van der Waals surface area contributed by atoms with Crippen LogP contribution in [0.2, 0.25) is 0 Å². The predicted octanol–water partition coefficient (Wildman–Crippen LogP) is 2.72. The van der Waals surface area contributed by atoms with Gasteiger partial charge < -0.3 is 10.1 Å². The molecular formula is C14H20N2O. The Morgan fingerprint density at radius 1 is 1.29 bits per heavy atom. The summed E-state index contributed by atoms with van der Waals surface area (Å²) in [5, 5.41) is 12.2. The van der Waals surface area contributed by atoms with Crippen molar-refractivity contribution in [3.05, 3.63) is 29.8 Å². The number of ether oxygens (including phenoxy) is 1. The van der Waals surface area contributed by atoms with Gasteiger partial charge in [-0.3, -0.25) is 0 Å². The molecule has 1 aromatic carbocycles. The Kier molecular flexibility index (Phi) is 4.99. The highest BCUT2D eigenvalue weighted by Gasteiger charge is 2.15. The molecule has 1 aromatic rings. The van der Waals surface area contributed by atoms with E-state index >= 15 is 0 Å². The zero-order valence-electron chi connectivity index (χ0n) is 10.8. The third kappa shape index (κ3) is 4.88. The number of hydrogen-bond donors (Lipinski definition) is 1. The summed E-state index contributed by atoms with van der Waals surface area (Å²) in [6.45, 7) is 5.60. The van der Waals surface area contributed by atoms with Crippen LogP contribution < -0.4 is 10.1 Å². The van der Waals surface area contributed by atoms with Crippen molar-refractivity contribution < 1.29 is 4.74 Å². The van der Waals surface area contributed by atoms with Crippen LogP contribution in [0.4, 0.5) is 0 Å². The molecule has 0 heterocycles. The number of nitriles is 1. The Morgan fingerprint density at radius 2 is 1.94 bits per heavy atom. The van der Waals surface area contributed by atoms with Gasteiger partial charge in [0.15, 0.2) is 0 Å². The van der Waals surface area contributed by atoms with Crippen LogP contribution in [-0.4, -0.2) is 13.7 Å². The summed E-state index contributed by atoms with van der Waals surface area (Å²) >= 11 is 0. The SMILES string of the molecule is COc1ccc(CNCCC(C)(C)C#N)cc1. The molecule has 0 amide bonds. The van der Waals surface area contributed by atoms with E-state index in [0.717, 1.165) is 25.3 Å². The summed E-state index contributed by atoms with van der Waals surface area (Å²) < 4.78 is 5.10. The number of nitrogens with one attached hydrogen (secondary N) is 1. The lowest BCUT2D eigenvalue weighted by atomic mass is 9.91. The summed E-state index contributed by atoms with van der Waals surface area (Å²) in [6, 6.07) is 10.3. The molecule has 3 heteroatoms. The maximum Gasteiger partial charge on any atom is 0.118 e. The van der Waals surface area contributed by atoms with Gasteiger partial charge in [-0.25, -0.2) is 0 Å². The Morgan fingerprint density at radius 3 is 2.47 bits per heavy atom. The molecule has 0 saturated carbocycles. The Bertz CT molecular complexity index is 376. The first kappa shape index (κ1) is 13.5. The third-order valence-corrected chi connectivity index (χ3v) is 2.72. The van der Waals surface area contributed by atoms with Gasteiger partial charge in [-0.05, 0) is 44.5 Å². The second-order valence-electron chi connectivity index (χ2n) is 4.77. The van der Waals surface area contributed by atoms with E-state index < -0.39 is 0 Å². The first-order valence-electron chi connectivity index (χ1n) is 5.82. The van der Waals surface area contributed by atoms with Crippen molar-refractivity contribution in [3.8, 4) is 11.8 Å². The van der Waals surface area contributed by atoms with Gasteiger partial charge in [0.25, 0.3) is 0 Å². The molecule has 0 fully saturated rings. The molecular weight excluding hydrogens is 212 g/mol.